The number of carbonyl (C=O) groups is 3. The van der Waals surface area contributed by atoms with Crippen LogP contribution in [0, 0.1) is 10.1 Å². The van der Waals surface area contributed by atoms with Crippen molar-refractivity contribution in [3.63, 3.8) is 0 Å². The topological polar surface area (TPSA) is 128 Å². The molecular weight excluding hydrogens is 474 g/mol. The SMILES string of the molecule is COC(=O)CN1C(=O)NC(=Cc2cc(Br)ccc2OCc2cccc([N+](=O)[O-])c2)C1=O. The Balaban J connectivity index is 1.83. The summed E-state index contributed by atoms with van der Waals surface area (Å²) in [5.74, 6) is -1.02. The molecular formula is C20H16BrN3O7. The first-order valence-electron chi connectivity index (χ1n) is 8.85. The molecule has 0 aliphatic carbocycles. The predicted octanol–water partition coefficient (Wildman–Crippen LogP) is 3.00. The standard InChI is InChI=1S/C20H16BrN3O7/c1-30-18(25)10-23-19(26)16(22-20(23)27)9-13-8-14(21)5-6-17(13)31-11-12-3-2-4-15(7-12)24(28)29/h2-9H,10-11H2,1H3,(H,22,27). The van der Waals surface area contributed by atoms with E-state index in [9.17, 15) is 24.5 Å². The summed E-state index contributed by atoms with van der Waals surface area (Å²) in [7, 11) is 1.16. The molecule has 3 rings (SSSR count). The van der Waals surface area contributed by atoms with Crippen molar-refractivity contribution in [2.45, 2.75) is 6.61 Å². The van der Waals surface area contributed by atoms with Crippen LogP contribution < -0.4 is 10.1 Å². The van der Waals surface area contributed by atoms with E-state index in [0.717, 1.165) is 12.0 Å². The number of urea groups is 1. The number of halogens is 1. The van der Waals surface area contributed by atoms with Crippen LogP contribution in [-0.2, 0) is 20.9 Å². The number of ether oxygens (including phenoxy) is 2. The highest BCUT2D eigenvalue weighted by Crippen LogP contribution is 2.27. The quantitative estimate of drug-likeness (QED) is 0.208. The summed E-state index contributed by atoms with van der Waals surface area (Å²) in [5.41, 5.74) is 0.977. The molecule has 2 aromatic rings. The minimum Gasteiger partial charge on any atom is -0.488 e. The number of benzene rings is 2. The highest BCUT2D eigenvalue weighted by Gasteiger charge is 2.35. The number of non-ortho nitro benzene ring substituents is 1. The van der Waals surface area contributed by atoms with Gasteiger partial charge < -0.3 is 14.8 Å². The van der Waals surface area contributed by atoms with Gasteiger partial charge in [-0.3, -0.25) is 19.7 Å². The minimum absolute atomic E-state index is 0.0350. The third kappa shape index (κ3) is 5.25. The lowest BCUT2D eigenvalue weighted by Gasteiger charge is -2.11. The molecule has 1 N–H and O–H groups in total. The zero-order valence-corrected chi connectivity index (χ0v) is 17.7. The Bertz CT molecular complexity index is 1100. The molecule has 1 heterocycles. The van der Waals surface area contributed by atoms with Gasteiger partial charge >= 0.3 is 12.0 Å². The van der Waals surface area contributed by atoms with E-state index in [1.165, 1.54) is 18.2 Å². The maximum atomic E-state index is 12.5. The number of nitro benzene ring substituents is 1. The van der Waals surface area contributed by atoms with Crippen LogP contribution in [0.4, 0.5) is 10.5 Å². The largest absolute Gasteiger partial charge is 0.488 e. The van der Waals surface area contributed by atoms with Crippen LogP contribution >= 0.6 is 15.9 Å². The summed E-state index contributed by atoms with van der Waals surface area (Å²) >= 11 is 3.34. The summed E-state index contributed by atoms with van der Waals surface area (Å²) in [4.78, 5) is 47.1. The summed E-state index contributed by atoms with van der Waals surface area (Å²) in [6.07, 6.45) is 1.42. The van der Waals surface area contributed by atoms with Gasteiger partial charge in [-0.05, 0) is 29.8 Å². The number of carbonyl (C=O) groups excluding carboxylic acids is 3. The molecule has 10 nitrogen and oxygen atoms in total. The molecule has 0 unspecified atom stereocenters. The van der Waals surface area contributed by atoms with Gasteiger partial charge in [0.05, 0.1) is 12.0 Å². The Labute approximate surface area is 184 Å². The monoisotopic (exact) mass is 489 g/mol. The zero-order chi connectivity index (χ0) is 22.5. The van der Waals surface area contributed by atoms with E-state index in [-0.39, 0.29) is 18.0 Å². The van der Waals surface area contributed by atoms with Crippen molar-refractivity contribution in [1.29, 1.82) is 0 Å². The van der Waals surface area contributed by atoms with E-state index >= 15 is 0 Å². The Morgan fingerprint density at radius 2 is 2.03 bits per heavy atom. The summed E-state index contributed by atoms with van der Waals surface area (Å²) in [6, 6.07) is 10.4. The summed E-state index contributed by atoms with van der Waals surface area (Å²) in [6.45, 7) is -0.457. The number of hydrogen-bond donors (Lipinski definition) is 1. The Morgan fingerprint density at radius 3 is 2.74 bits per heavy atom. The van der Waals surface area contributed by atoms with Gasteiger partial charge in [0.15, 0.2) is 0 Å². The average molecular weight is 490 g/mol. The number of hydrogen-bond acceptors (Lipinski definition) is 7. The van der Waals surface area contributed by atoms with E-state index in [2.05, 4.69) is 26.0 Å². The van der Waals surface area contributed by atoms with E-state index in [1.54, 1.807) is 30.3 Å². The number of amides is 3. The van der Waals surface area contributed by atoms with Gasteiger partial charge in [-0.15, -0.1) is 0 Å². The number of rotatable bonds is 7. The van der Waals surface area contributed by atoms with Crippen molar-refractivity contribution < 1.29 is 28.8 Å². The lowest BCUT2D eigenvalue weighted by atomic mass is 10.1. The molecule has 0 bridgehead atoms. The maximum Gasteiger partial charge on any atom is 0.329 e. The molecule has 0 radical (unpaired) electrons. The maximum absolute atomic E-state index is 12.5. The molecule has 11 heteroatoms. The smallest absolute Gasteiger partial charge is 0.329 e. The third-order valence-electron chi connectivity index (χ3n) is 4.26. The van der Waals surface area contributed by atoms with Crippen molar-refractivity contribution in [3.05, 3.63) is 73.9 Å². The Morgan fingerprint density at radius 1 is 1.26 bits per heavy atom. The van der Waals surface area contributed by atoms with Crippen molar-refractivity contribution >= 4 is 45.6 Å². The fourth-order valence-corrected chi connectivity index (χ4v) is 3.13. The fourth-order valence-electron chi connectivity index (χ4n) is 2.75. The van der Waals surface area contributed by atoms with Crippen LogP contribution in [0.25, 0.3) is 6.08 Å². The number of esters is 1. The molecule has 0 aromatic heterocycles. The molecule has 31 heavy (non-hydrogen) atoms. The third-order valence-corrected chi connectivity index (χ3v) is 4.76. The van der Waals surface area contributed by atoms with Crippen molar-refractivity contribution in [3.8, 4) is 5.75 Å². The van der Waals surface area contributed by atoms with E-state index in [0.29, 0.717) is 21.3 Å². The van der Waals surface area contributed by atoms with Gasteiger partial charge in [0.2, 0.25) is 0 Å². The first-order chi connectivity index (χ1) is 14.8. The second-order valence-corrected chi connectivity index (χ2v) is 7.27. The first-order valence-corrected chi connectivity index (χ1v) is 9.65. The number of nitro groups is 1. The molecule has 3 amide bonds. The molecule has 0 saturated carbocycles. The normalized spacial score (nSPS) is 14.5. The predicted molar refractivity (Wildman–Crippen MR) is 112 cm³/mol. The van der Waals surface area contributed by atoms with Crippen molar-refractivity contribution in [1.82, 2.24) is 10.2 Å². The van der Waals surface area contributed by atoms with E-state index in [4.69, 9.17) is 4.74 Å². The van der Waals surface area contributed by atoms with E-state index < -0.39 is 29.4 Å². The van der Waals surface area contributed by atoms with Crippen LogP contribution in [0.5, 0.6) is 5.75 Å². The van der Waals surface area contributed by atoms with Crippen LogP contribution in [-0.4, -0.2) is 41.4 Å². The van der Waals surface area contributed by atoms with Gasteiger partial charge in [0.25, 0.3) is 11.6 Å². The molecule has 1 fully saturated rings. The second kappa shape index (κ2) is 9.39. The Hall–Kier alpha value is -3.73. The van der Waals surface area contributed by atoms with Crippen LogP contribution in [0.3, 0.4) is 0 Å². The van der Waals surface area contributed by atoms with Crippen LogP contribution in [0.1, 0.15) is 11.1 Å². The van der Waals surface area contributed by atoms with Crippen LogP contribution in [0.2, 0.25) is 0 Å². The van der Waals surface area contributed by atoms with Crippen LogP contribution in [0.15, 0.2) is 52.6 Å². The molecule has 1 aliphatic heterocycles. The van der Waals surface area contributed by atoms with Crippen molar-refractivity contribution in [2.75, 3.05) is 13.7 Å². The Kier molecular flexibility index (Phi) is 6.65. The van der Waals surface area contributed by atoms with E-state index in [1.807, 2.05) is 0 Å². The highest BCUT2D eigenvalue weighted by molar-refractivity contribution is 9.10. The first kappa shape index (κ1) is 22.0. The summed E-state index contributed by atoms with van der Waals surface area (Å²) in [5, 5.41) is 13.4. The van der Waals surface area contributed by atoms with Crippen molar-refractivity contribution in [2.24, 2.45) is 0 Å². The number of imide groups is 1. The lowest BCUT2D eigenvalue weighted by molar-refractivity contribution is -0.384. The molecule has 1 saturated heterocycles. The molecule has 160 valence electrons. The summed E-state index contributed by atoms with van der Waals surface area (Å²) < 4.78 is 11.0. The molecule has 2 aromatic carbocycles. The van der Waals surface area contributed by atoms with Gasteiger partial charge in [0.1, 0.15) is 24.6 Å². The fraction of sp³-hybridized carbons (Fsp3) is 0.150. The molecule has 0 spiro atoms. The highest BCUT2D eigenvalue weighted by atomic mass is 79.9. The number of nitrogens with zero attached hydrogens (tertiary/aromatic N) is 2. The number of methoxy groups -OCH3 is 1. The minimum atomic E-state index is -0.740. The second-order valence-electron chi connectivity index (χ2n) is 6.35. The average Bonchev–Trinajstić information content (AvgIpc) is 3.00. The molecule has 0 atom stereocenters. The molecule has 1 aliphatic rings. The van der Waals surface area contributed by atoms with Gasteiger partial charge in [0, 0.05) is 22.2 Å². The number of nitrogens with one attached hydrogen (secondary N) is 1. The van der Waals surface area contributed by atoms with Gasteiger partial charge in [-0.1, -0.05) is 28.1 Å². The van der Waals surface area contributed by atoms with Gasteiger partial charge in [-0.2, -0.15) is 0 Å². The van der Waals surface area contributed by atoms with Gasteiger partial charge in [-0.25, -0.2) is 9.69 Å². The zero-order valence-electron chi connectivity index (χ0n) is 16.2. The lowest BCUT2D eigenvalue weighted by Crippen LogP contribution is -2.36.